The van der Waals surface area contributed by atoms with Crippen LogP contribution in [0.5, 0.6) is 0 Å². The summed E-state index contributed by atoms with van der Waals surface area (Å²) in [6, 6.07) is 16.1. The molecule has 0 spiro atoms. The highest BCUT2D eigenvalue weighted by Crippen LogP contribution is 2.25. The van der Waals surface area contributed by atoms with Crippen molar-refractivity contribution in [3.63, 3.8) is 0 Å². The third-order valence-corrected chi connectivity index (χ3v) is 4.04. The average molecular weight is 296 g/mol. The van der Waals surface area contributed by atoms with Gasteiger partial charge in [-0.2, -0.15) is 0 Å². The van der Waals surface area contributed by atoms with Crippen molar-refractivity contribution in [3.05, 3.63) is 70.8 Å². The molecular formula is C20H24O2. The highest BCUT2D eigenvalue weighted by molar-refractivity contribution is 5.76. The molecule has 0 saturated carbocycles. The number of rotatable bonds is 4. The van der Waals surface area contributed by atoms with Gasteiger partial charge in [-0.15, -0.1) is 0 Å². The van der Waals surface area contributed by atoms with Crippen LogP contribution >= 0.6 is 0 Å². The van der Waals surface area contributed by atoms with Crippen LogP contribution in [0.4, 0.5) is 0 Å². The molecule has 2 aromatic rings. The smallest absolute Gasteiger partial charge is 0.311 e. The molecule has 116 valence electrons. The fourth-order valence-electron chi connectivity index (χ4n) is 2.52. The first-order valence-corrected chi connectivity index (χ1v) is 7.66. The summed E-state index contributed by atoms with van der Waals surface area (Å²) in [5, 5.41) is 9.54. The normalized spacial score (nSPS) is 12.9. The summed E-state index contributed by atoms with van der Waals surface area (Å²) in [6.07, 6.45) is 0.517. The summed E-state index contributed by atoms with van der Waals surface area (Å²) in [5.41, 5.74) is 4.43. The van der Waals surface area contributed by atoms with Crippen molar-refractivity contribution in [3.8, 4) is 0 Å². The van der Waals surface area contributed by atoms with E-state index in [0.29, 0.717) is 6.42 Å². The summed E-state index contributed by atoms with van der Waals surface area (Å²) in [4.78, 5) is 11.6. The number of carbonyl (C=O) groups is 1. The van der Waals surface area contributed by atoms with E-state index in [1.54, 1.807) is 0 Å². The summed E-state index contributed by atoms with van der Waals surface area (Å²) in [6.45, 7) is 8.53. The first-order valence-electron chi connectivity index (χ1n) is 7.66. The van der Waals surface area contributed by atoms with Gasteiger partial charge in [0, 0.05) is 0 Å². The van der Waals surface area contributed by atoms with E-state index >= 15 is 0 Å². The third kappa shape index (κ3) is 3.97. The molecule has 1 atom stereocenters. The van der Waals surface area contributed by atoms with Crippen LogP contribution in [-0.2, 0) is 16.6 Å². The van der Waals surface area contributed by atoms with Crippen molar-refractivity contribution in [1.29, 1.82) is 0 Å². The molecule has 0 saturated heterocycles. The van der Waals surface area contributed by atoms with Crippen molar-refractivity contribution < 1.29 is 9.90 Å². The second-order valence-corrected chi connectivity index (χ2v) is 6.95. The Hall–Kier alpha value is -2.09. The number of carboxylic acid groups (broad SMARTS) is 1. The van der Waals surface area contributed by atoms with Crippen LogP contribution in [0.25, 0.3) is 0 Å². The predicted molar refractivity (Wildman–Crippen MR) is 90.4 cm³/mol. The Morgan fingerprint density at radius 3 is 2.00 bits per heavy atom. The van der Waals surface area contributed by atoms with Crippen molar-refractivity contribution in [2.75, 3.05) is 0 Å². The summed E-state index contributed by atoms with van der Waals surface area (Å²) >= 11 is 0. The molecule has 1 N–H and O–H groups in total. The molecule has 0 fully saturated rings. The van der Waals surface area contributed by atoms with E-state index in [0.717, 1.165) is 16.7 Å². The molecule has 0 amide bonds. The molecule has 0 aliphatic heterocycles. The van der Waals surface area contributed by atoms with Crippen LogP contribution in [0.2, 0.25) is 0 Å². The van der Waals surface area contributed by atoms with Crippen LogP contribution in [0, 0.1) is 6.92 Å². The molecule has 0 heterocycles. The molecule has 0 bridgehead atoms. The molecule has 0 radical (unpaired) electrons. The zero-order valence-electron chi connectivity index (χ0n) is 13.8. The first kappa shape index (κ1) is 16.3. The minimum absolute atomic E-state index is 0.113. The van der Waals surface area contributed by atoms with Gasteiger partial charge in [-0.1, -0.05) is 74.9 Å². The molecule has 22 heavy (non-hydrogen) atoms. The first-order chi connectivity index (χ1) is 10.3. The highest BCUT2D eigenvalue weighted by atomic mass is 16.4. The maximum atomic E-state index is 11.6. The Balaban J connectivity index is 2.21. The highest BCUT2D eigenvalue weighted by Gasteiger charge is 2.20. The second kappa shape index (κ2) is 6.35. The summed E-state index contributed by atoms with van der Waals surface area (Å²) < 4.78 is 0. The fourth-order valence-corrected chi connectivity index (χ4v) is 2.52. The Morgan fingerprint density at radius 2 is 1.55 bits per heavy atom. The van der Waals surface area contributed by atoms with E-state index in [1.165, 1.54) is 5.56 Å². The van der Waals surface area contributed by atoms with Gasteiger partial charge in [-0.05, 0) is 35.4 Å². The van der Waals surface area contributed by atoms with Gasteiger partial charge in [0.2, 0.25) is 0 Å². The van der Waals surface area contributed by atoms with E-state index < -0.39 is 11.9 Å². The van der Waals surface area contributed by atoms with Crippen LogP contribution in [-0.4, -0.2) is 11.1 Å². The van der Waals surface area contributed by atoms with Crippen molar-refractivity contribution in [2.24, 2.45) is 0 Å². The minimum Gasteiger partial charge on any atom is -0.481 e. The topological polar surface area (TPSA) is 37.3 Å². The van der Waals surface area contributed by atoms with E-state index in [4.69, 9.17) is 0 Å². The Bertz CT molecular complexity index is 631. The molecule has 2 aromatic carbocycles. The lowest BCUT2D eigenvalue weighted by molar-refractivity contribution is -0.138. The summed E-state index contributed by atoms with van der Waals surface area (Å²) in [5.74, 6) is -1.27. The van der Waals surface area contributed by atoms with E-state index in [2.05, 4.69) is 32.9 Å². The molecule has 2 rings (SSSR count). The maximum absolute atomic E-state index is 11.6. The standard InChI is InChI=1S/C20H24O2/c1-14-5-9-16(10-6-14)18(19(21)22)13-15-7-11-17(12-8-15)20(2,3)4/h5-12,18H,13H2,1-4H3,(H,21,22). The van der Waals surface area contributed by atoms with Crippen LogP contribution in [0.3, 0.4) is 0 Å². The van der Waals surface area contributed by atoms with Gasteiger partial charge in [-0.25, -0.2) is 0 Å². The predicted octanol–water partition coefficient (Wildman–Crippen LogP) is 4.70. The molecular weight excluding hydrogens is 272 g/mol. The van der Waals surface area contributed by atoms with Crippen molar-refractivity contribution in [1.82, 2.24) is 0 Å². The number of aryl methyl sites for hydroxylation is 1. The number of carboxylic acids is 1. The zero-order chi connectivity index (χ0) is 16.3. The van der Waals surface area contributed by atoms with Crippen LogP contribution in [0.15, 0.2) is 48.5 Å². The average Bonchev–Trinajstić information content (AvgIpc) is 2.45. The molecule has 1 unspecified atom stereocenters. The van der Waals surface area contributed by atoms with Gasteiger partial charge in [-0.3, -0.25) is 4.79 Å². The molecule has 2 nitrogen and oxygen atoms in total. The lowest BCUT2D eigenvalue weighted by Crippen LogP contribution is -2.15. The van der Waals surface area contributed by atoms with Gasteiger partial charge in [0.15, 0.2) is 0 Å². The monoisotopic (exact) mass is 296 g/mol. The molecule has 0 aliphatic rings. The van der Waals surface area contributed by atoms with Crippen molar-refractivity contribution in [2.45, 2.75) is 45.4 Å². The number of aliphatic carboxylic acids is 1. The Kier molecular flexibility index (Phi) is 4.70. The molecule has 2 heteroatoms. The van der Waals surface area contributed by atoms with Gasteiger partial charge in [0.05, 0.1) is 5.92 Å². The van der Waals surface area contributed by atoms with Gasteiger partial charge in [0.25, 0.3) is 0 Å². The Labute approximate surface area is 132 Å². The fraction of sp³-hybridized carbons (Fsp3) is 0.350. The summed E-state index contributed by atoms with van der Waals surface area (Å²) in [7, 11) is 0. The zero-order valence-corrected chi connectivity index (χ0v) is 13.8. The van der Waals surface area contributed by atoms with E-state index in [1.807, 2.05) is 43.3 Å². The maximum Gasteiger partial charge on any atom is 0.311 e. The third-order valence-electron chi connectivity index (χ3n) is 4.04. The Morgan fingerprint density at radius 1 is 1.00 bits per heavy atom. The molecule has 0 aliphatic carbocycles. The van der Waals surface area contributed by atoms with Gasteiger partial charge in [0.1, 0.15) is 0 Å². The number of hydrogen-bond acceptors (Lipinski definition) is 1. The van der Waals surface area contributed by atoms with Crippen molar-refractivity contribution >= 4 is 5.97 Å². The lowest BCUT2D eigenvalue weighted by atomic mass is 9.85. The molecule has 0 aromatic heterocycles. The van der Waals surface area contributed by atoms with Gasteiger partial charge >= 0.3 is 5.97 Å². The van der Waals surface area contributed by atoms with E-state index in [9.17, 15) is 9.90 Å². The SMILES string of the molecule is Cc1ccc(C(Cc2ccc(C(C)(C)C)cc2)C(=O)O)cc1. The van der Waals surface area contributed by atoms with Gasteiger partial charge < -0.3 is 5.11 Å². The van der Waals surface area contributed by atoms with Crippen LogP contribution < -0.4 is 0 Å². The minimum atomic E-state index is -0.774. The number of hydrogen-bond donors (Lipinski definition) is 1. The van der Waals surface area contributed by atoms with Crippen LogP contribution in [0.1, 0.15) is 48.9 Å². The lowest BCUT2D eigenvalue weighted by Gasteiger charge is -2.20. The van der Waals surface area contributed by atoms with E-state index in [-0.39, 0.29) is 5.41 Å². The second-order valence-electron chi connectivity index (χ2n) is 6.95. The number of benzene rings is 2. The largest absolute Gasteiger partial charge is 0.481 e. The quantitative estimate of drug-likeness (QED) is 0.887.